The van der Waals surface area contributed by atoms with Crippen molar-refractivity contribution in [3.8, 4) is 0 Å². The molecule has 7 heteroatoms. The molecule has 0 aliphatic rings. The van der Waals surface area contributed by atoms with E-state index in [1.54, 1.807) is 24.3 Å². The summed E-state index contributed by atoms with van der Waals surface area (Å²) in [4.78, 5) is 28.0. The minimum Gasteiger partial charge on any atom is -0.324 e. The molecule has 0 aliphatic carbocycles. The maximum atomic E-state index is 13.1. The van der Waals surface area contributed by atoms with E-state index in [2.05, 4.69) is 10.3 Å². The standard InChI is InChI=1S/C16H11F2N3O2/c17-10-5-11(18)7-12(6-10)20-15(22)9-21-14-4-2-1-3-13(14)19-8-16(21)23/h1-8H,9H2,(H,20,22). The molecule has 5 nitrogen and oxygen atoms in total. The maximum Gasteiger partial charge on any atom is 0.269 e. The van der Waals surface area contributed by atoms with Gasteiger partial charge < -0.3 is 5.32 Å². The molecule has 1 N–H and O–H groups in total. The number of aromatic nitrogens is 2. The Balaban J connectivity index is 1.88. The van der Waals surface area contributed by atoms with Crippen molar-refractivity contribution >= 4 is 22.6 Å². The molecule has 2 aromatic carbocycles. The van der Waals surface area contributed by atoms with Gasteiger partial charge in [-0.2, -0.15) is 0 Å². The van der Waals surface area contributed by atoms with Gasteiger partial charge in [-0.3, -0.25) is 14.2 Å². The molecule has 3 rings (SSSR count). The second kappa shape index (κ2) is 5.96. The van der Waals surface area contributed by atoms with Gasteiger partial charge in [0, 0.05) is 11.8 Å². The average Bonchev–Trinajstić information content (AvgIpc) is 2.49. The van der Waals surface area contributed by atoms with Crippen LogP contribution in [0, 0.1) is 11.6 Å². The molecule has 0 spiro atoms. The van der Waals surface area contributed by atoms with E-state index in [4.69, 9.17) is 0 Å². The molecule has 0 bridgehead atoms. The SMILES string of the molecule is O=C(Cn1c(=O)cnc2ccccc21)Nc1cc(F)cc(F)c1. The van der Waals surface area contributed by atoms with Crippen molar-refractivity contribution in [1.82, 2.24) is 9.55 Å². The number of nitrogens with one attached hydrogen (secondary N) is 1. The van der Waals surface area contributed by atoms with Crippen molar-refractivity contribution in [2.45, 2.75) is 6.54 Å². The fourth-order valence-corrected chi connectivity index (χ4v) is 2.25. The summed E-state index contributed by atoms with van der Waals surface area (Å²) in [5.74, 6) is -2.17. The number of halogens is 2. The summed E-state index contributed by atoms with van der Waals surface area (Å²) >= 11 is 0. The lowest BCUT2D eigenvalue weighted by Gasteiger charge is -2.10. The Labute approximate surface area is 129 Å². The van der Waals surface area contributed by atoms with E-state index in [1.165, 1.54) is 4.57 Å². The lowest BCUT2D eigenvalue weighted by atomic mass is 10.3. The normalized spacial score (nSPS) is 10.7. The Morgan fingerprint density at radius 2 is 1.83 bits per heavy atom. The molecule has 0 aliphatic heterocycles. The van der Waals surface area contributed by atoms with Gasteiger partial charge in [-0.1, -0.05) is 12.1 Å². The maximum absolute atomic E-state index is 13.1. The van der Waals surface area contributed by atoms with Crippen molar-refractivity contribution in [3.63, 3.8) is 0 Å². The third-order valence-corrected chi connectivity index (χ3v) is 3.20. The highest BCUT2D eigenvalue weighted by molar-refractivity contribution is 5.91. The highest BCUT2D eigenvalue weighted by Crippen LogP contribution is 2.13. The smallest absolute Gasteiger partial charge is 0.269 e. The number of nitrogens with zero attached hydrogens (tertiary/aromatic N) is 2. The molecule has 0 unspecified atom stereocenters. The molecule has 1 amide bonds. The van der Waals surface area contributed by atoms with Gasteiger partial charge in [-0.15, -0.1) is 0 Å². The van der Waals surface area contributed by atoms with Crippen LogP contribution in [0.5, 0.6) is 0 Å². The molecule has 1 heterocycles. The second-order valence-corrected chi connectivity index (χ2v) is 4.88. The van der Waals surface area contributed by atoms with Crippen LogP contribution in [-0.4, -0.2) is 15.5 Å². The van der Waals surface area contributed by atoms with Crippen molar-refractivity contribution in [1.29, 1.82) is 0 Å². The van der Waals surface area contributed by atoms with E-state index >= 15 is 0 Å². The van der Waals surface area contributed by atoms with Gasteiger partial charge in [0.2, 0.25) is 5.91 Å². The Morgan fingerprint density at radius 1 is 1.13 bits per heavy atom. The van der Waals surface area contributed by atoms with E-state index in [0.29, 0.717) is 17.1 Å². The first-order valence-corrected chi connectivity index (χ1v) is 6.73. The Kier molecular flexibility index (Phi) is 3.84. The molecule has 0 saturated heterocycles. The molecule has 1 aromatic heterocycles. The third kappa shape index (κ3) is 3.23. The predicted molar refractivity (Wildman–Crippen MR) is 81.0 cm³/mol. The Morgan fingerprint density at radius 3 is 2.57 bits per heavy atom. The quantitative estimate of drug-likeness (QED) is 0.807. The highest BCUT2D eigenvalue weighted by Gasteiger charge is 2.10. The van der Waals surface area contributed by atoms with Crippen molar-refractivity contribution < 1.29 is 13.6 Å². The molecule has 3 aromatic rings. The number of carbonyl (C=O) groups is 1. The van der Waals surface area contributed by atoms with E-state index < -0.39 is 23.1 Å². The van der Waals surface area contributed by atoms with E-state index in [0.717, 1.165) is 18.3 Å². The third-order valence-electron chi connectivity index (χ3n) is 3.20. The summed E-state index contributed by atoms with van der Waals surface area (Å²) in [7, 11) is 0. The number of hydrogen-bond acceptors (Lipinski definition) is 3. The zero-order valence-corrected chi connectivity index (χ0v) is 11.8. The molecular weight excluding hydrogens is 304 g/mol. The predicted octanol–water partition coefficient (Wildman–Crippen LogP) is 2.31. The van der Waals surface area contributed by atoms with Crippen LogP contribution in [-0.2, 0) is 11.3 Å². The first kappa shape index (κ1) is 14.8. The monoisotopic (exact) mass is 315 g/mol. The number of anilines is 1. The van der Waals surface area contributed by atoms with Gasteiger partial charge >= 0.3 is 0 Å². The molecule has 0 radical (unpaired) electrons. The summed E-state index contributed by atoms with van der Waals surface area (Å²) < 4.78 is 27.5. The van der Waals surface area contributed by atoms with Crippen molar-refractivity contribution in [2.75, 3.05) is 5.32 Å². The molecule has 116 valence electrons. The van der Waals surface area contributed by atoms with Crippen LogP contribution in [0.3, 0.4) is 0 Å². The molecule has 23 heavy (non-hydrogen) atoms. The van der Waals surface area contributed by atoms with E-state index in [1.807, 2.05) is 0 Å². The number of hydrogen-bond donors (Lipinski definition) is 1. The minimum atomic E-state index is -0.799. The molecule has 0 saturated carbocycles. The highest BCUT2D eigenvalue weighted by atomic mass is 19.1. The zero-order chi connectivity index (χ0) is 16.4. The fraction of sp³-hybridized carbons (Fsp3) is 0.0625. The van der Waals surface area contributed by atoms with Crippen LogP contribution in [0.2, 0.25) is 0 Å². The number of carbonyl (C=O) groups excluding carboxylic acids is 1. The van der Waals surface area contributed by atoms with Gasteiger partial charge in [-0.05, 0) is 24.3 Å². The van der Waals surface area contributed by atoms with Crippen LogP contribution in [0.15, 0.2) is 53.5 Å². The van der Waals surface area contributed by atoms with Crippen molar-refractivity contribution in [3.05, 3.63) is 70.6 Å². The van der Waals surface area contributed by atoms with Gasteiger partial charge in [-0.25, -0.2) is 13.8 Å². The summed E-state index contributed by atoms with van der Waals surface area (Å²) in [6.07, 6.45) is 1.12. The van der Waals surface area contributed by atoms with Crippen LogP contribution in [0.4, 0.5) is 14.5 Å². The average molecular weight is 315 g/mol. The minimum absolute atomic E-state index is 0.0149. The van der Waals surface area contributed by atoms with Crippen LogP contribution < -0.4 is 10.9 Å². The molecule has 0 fully saturated rings. The lowest BCUT2D eigenvalue weighted by Crippen LogP contribution is -2.28. The number of amides is 1. The van der Waals surface area contributed by atoms with Crippen LogP contribution >= 0.6 is 0 Å². The number of fused-ring (bicyclic) bond motifs is 1. The summed E-state index contributed by atoms with van der Waals surface area (Å²) in [6, 6.07) is 9.56. The van der Waals surface area contributed by atoms with Crippen LogP contribution in [0.25, 0.3) is 11.0 Å². The molecule has 0 atom stereocenters. The zero-order valence-electron chi connectivity index (χ0n) is 11.8. The van der Waals surface area contributed by atoms with Crippen molar-refractivity contribution in [2.24, 2.45) is 0 Å². The number of rotatable bonds is 3. The molecular formula is C16H11F2N3O2. The summed E-state index contributed by atoms with van der Waals surface area (Å²) in [6.45, 7) is -0.292. The van der Waals surface area contributed by atoms with E-state index in [-0.39, 0.29) is 12.2 Å². The number of benzene rings is 2. The topological polar surface area (TPSA) is 64.0 Å². The van der Waals surface area contributed by atoms with Gasteiger partial charge in [0.05, 0.1) is 17.2 Å². The van der Waals surface area contributed by atoms with Gasteiger partial charge in [0.25, 0.3) is 5.56 Å². The first-order chi connectivity index (χ1) is 11.0. The Hall–Kier alpha value is -3.09. The summed E-state index contributed by atoms with van der Waals surface area (Å²) in [5.41, 5.74) is 0.612. The Bertz CT molecular complexity index is 933. The largest absolute Gasteiger partial charge is 0.324 e. The van der Waals surface area contributed by atoms with Gasteiger partial charge in [0.1, 0.15) is 18.2 Å². The van der Waals surface area contributed by atoms with Gasteiger partial charge in [0.15, 0.2) is 0 Å². The summed E-state index contributed by atoms with van der Waals surface area (Å²) in [5, 5.41) is 2.36. The van der Waals surface area contributed by atoms with E-state index in [9.17, 15) is 18.4 Å². The van der Waals surface area contributed by atoms with Crippen LogP contribution in [0.1, 0.15) is 0 Å². The fourth-order valence-electron chi connectivity index (χ4n) is 2.25. The first-order valence-electron chi connectivity index (χ1n) is 6.73. The number of para-hydroxylation sites is 2. The second-order valence-electron chi connectivity index (χ2n) is 4.88. The lowest BCUT2D eigenvalue weighted by molar-refractivity contribution is -0.116.